The first kappa shape index (κ1) is 12.7. The number of hydrogen-bond acceptors (Lipinski definition) is 3. The summed E-state index contributed by atoms with van der Waals surface area (Å²) in [6.45, 7) is 2.08. The van der Waals surface area contributed by atoms with Gasteiger partial charge in [-0.3, -0.25) is 9.78 Å². The van der Waals surface area contributed by atoms with Crippen LogP contribution in [0.2, 0.25) is 0 Å². The number of carbonyl (C=O) groups is 2. The second-order valence-electron chi connectivity index (χ2n) is 3.14. The molecule has 0 atom stereocenters. The molecule has 0 aliphatic heterocycles. The first-order valence-electron chi connectivity index (χ1n) is 5.03. The van der Waals surface area contributed by atoms with Crippen LogP contribution in [0.4, 0.5) is 0 Å². The molecule has 0 saturated heterocycles. The molecule has 5 heteroatoms. The normalized spacial score (nSPS) is 9.00. The molecule has 1 heterocycles. The summed E-state index contributed by atoms with van der Waals surface area (Å²) in [7, 11) is 0. The largest absolute Gasteiger partial charge is 0.478 e. The fraction of sp³-hybridized carbons (Fsp3) is 0.250. The third-order valence-corrected chi connectivity index (χ3v) is 1.97. The predicted octanol–water partition coefficient (Wildman–Crippen LogP) is 0.923. The van der Waals surface area contributed by atoms with Crippen LogP contribution >= 0.6 is 0 Å². The topological polar surface area (TPSA) is 79.3 Å². The maximum atomic E-state index is 11.6. The van der Waals surface area contributed by atoms with E-state index < -0.39 is 11.9 Å². The second-order valence-corrected chi connectivity index (χ2v) is 3.14. The highest BCUT2D eigenvalue weighted by Crippen LogP contribution is 2.04. The number of carbonyl (C=O) groups excluding carboxylic acids is 1. The molecule has 0 saturated carbocycles. The number of aromatic nitrogens is 1. The first-order chi connectivity index (χ1) is 8.16. The highest BCUT2D eigenvalue weighted by atomic mass is 16.4. The molecule has 0 aromatic carbocycles. The fourth-order valence-electron chi connectivity index (χ4n) is 1.21. The van der Waals surface area contributed by atoms with E-state index in [4.69, 9.17) is 5.11 Å². The molecule has 0 aliphatic carbocycles. The average Bonchev–Trinajstić information content (AvgIpc) is 2.34. The van der Waals surface area contributed by atoms with E-state index in [1.165, 1.54) is 18.3 Å². The molecule has 1 aromatic heterocycles. The van der Waals surface area contributed by atoms with Crippen molar-refractivity contribution in [3.05, 3.63) is 29.6 Å². The monoisotopic (exact) mass is 232 g/mol. The Balaban J connectivity index is 2.74. The van der Waals surface area contributed by atoms with Crippen LogP contribution in [-0.4, -0.2) is 28.5 Å². The standard InChI is InChI=1S/C12H12N2O3/c1-2-3-4-7-14-11(15)10-9(12(16)17)6-5-8-13-10/h5-6,8H,4,7H2,1H3,(H,14,15)(H,16,17). The lowest BCUT2D eigenvalue weighted by atomic mass is 10.2. The SMILES string of the molecule is CC#CCCNC(=O)c1ncccc1C(=O)O. The molecule has 5 nitrogen and oxygen atoms in total. The summed E-state index contributed by atoms with van der Waals surface area (Å²) in [5.41, 5.74) is -0.184. The van der Waals surface area contributed by atoms with Crippen LogP contribution in [0, 0.1) is 11.8 Å². The molecule has 2 N–H and O–H groups in total. The van der Waals surface area contributed by atoms with Gasteiger partial charge < -0.3 is 10.4 Å². The maximum absolute atomic E-state index is 11.6. The van der Waals surface area contributed by atoms with Gasteiger partial charge in [0.05, 0.1) is 5.56 Å². The van der Waals surface area contributed by atoms with Gasteiger partial charge in [-0.05, 0) is 19.1 Å². The minimum atomic E-state index is -1.17. The van der Waals surface area contributed by atoms with Crippen molar-refractivity contribution in [1.29, 1.82) is 0 Å². The molecule has 1 amide bonds. The van der Waals surface area contributed by atoms with Gasteiger partial charge in [0.25, 0.3) is 5.91 Å². The highest BCUT2D eigenvalue weighted by Gasteiger charge is 2.16. The molecular formula is C12H12N2O3. The van der Waals surface area contributed by atoms with E-state index in [1.54, 1.807) is 6.92 Å². The molecule has 1 rings (SSSR count). The molecule has 1 aromatic rings. The number of pyridine rings is 1. The quantitative estimate of drug-likeness (QED) is 0.597. The van der Waals surface area contributed by atoms with Crippen molar-refractivity contribution < 1.29 is 14.7 Å². The molecule has 88 valence electrons. The number of nitrogens with zero attached hydrogens (tertiary/aromatic N) is 1. The molecule has 0 aliphatic rings. The van der Waals surface area contributed by atoms with Crippen LogP contribution in [0.3, 0.4) is 0 Å². The Labute approximate surface area is 98.9 Å². The summed E-state index contributed by atoms with van der Waals surface area (Å²) < 4.78 is 0. The van der Waals surface area contributed by atoms with E-state index in [-0.39, 0.29) is 11.3 Å². The number of carboxylic acids is 1. The highest BCUT2D eigenvalue weighted by molar-refractivity contribution is 6.03. The smallest absolute Gasteiger partial charge is 0.338 e. The van der Waals surface area contributed by atoms with Crippen LogP contribution in [0.25, 0.3) is 0 Å². The molecule has 17 heavy (non-hydrogen) atoms. The minimum Gasteiger partial charge on any atom is -0.478 e. The first-order valence-corrected chi connectivity index (χ1v) is 5.03. The van der Waals surface area contributed by atoms with E-state index in [1.807, 2.05) is 0 Å². The van der Waals surface area contributed by atoms with Crippen molar-refractivity contribution in [2.24, 2.45) is 0 Å². The summed E-state index contributed by atoms with van der Waals surface area (Å²) in [5, 5.41) is 11.4. The van der Waals surface area contributed by atoms with Crippen LogP contribution in [0.5, 0.6) is 0 Å². The van der Waals surface area contributed by atoms with Crippen molar-refractivity contribution in [3.63, 3.8) is 0 Å². The van der Waals surface area contributed by atoms with Gasteiger partial charge in [0.2, 0.25) is 0 Å². The van der Waals surface area contributed by atoms with Crippen LogP contribution < -0.4 is 5.32 Å². The summed E-state index contributed by atoms with van der Waals surface area (Å²) in [4.78, 5) is 26.3. The number of hydrogen-bond donors (Lipinski definition) is 2. The number of nitrogens with one attached hydrogen (secondary N) is 1. The lowest BCUT2D eigenvalue weighted by Crippen LogP contribution is -2.27. The van der Waals surface area contributed by atoms with Crippen molar-refractivity contribution in [1.82, 2.24) is 10.3 Å². The third-order valence-electron chi connectivity index (χ3n) is 1.97. The van der Waals surface area contributed by atoms with Crippen molar-refractivity contribution in [2.75, 3.05) is 6.54 Å². The molecule has 0 spiro atoms. The molecule has 0 fully saturated rings. The summed E-state index contributed by atoms with van der Waals surface area (Å²) in [6, 6.07) is 2.82. The summed E-state index contributed by atoms with van der Waals surface area (Å²) in [5.74, 6) is 3.82. The zero-order valence-corrected chi connectivity index (χ0v) is 9.36. The van der Waals surface area contributed by atoms with Crippen molar-refractivity contribution in [2.45, 2.75) is 13.3 Å². The van der Waals surface area contributed by atoms with Gasteiger partial charge in [0, 0.05) is 19.2 Å². The minimum absolute atomic E-state index is 0.0792. The molecule has 0 unspecified atom stereocenters. The Morgan fingerprint density at radius 1 is 1.53 bits per heavy atom. The zero-order chi connectivity index (χ0) is 12.7. The average molecular weight is 232 g/mol. The fourth-order valence-corrected chi connectivity index (χ4v) is 1.21. The number of amides is 1. The van der Waals surface area contributed by atoms with Crippen molar-refractivity contribution >= 4 is 11.9 Å². The van der Waals surface area contributed by atoms with Gasteiger partial charge in [-0.15, -0.1) is 11.8 Å². The van der Waals surface area contributed by atoms with Crippen LogP contribution in [0.15, 0.2) is 18.3 Å². The van der Waals surface area contributed by atoms with E-state index in [0.717, 1.165) is 0 Å². The maximum Gasteiger partial charge on any atom is 0.338 e. The number of carboxylic acid groups (broad SMARTS) is 1. The zero-order valence-electron chi connectivity index (χ0n) is 9.36. The Morgan fingerprint density at radius 3 is 2.94 bits per heavy atom. The van der Waals surface area contributed by atoms with E-state index in [9.17, 15) is 9.59 Å². The van der Waals surface area contributed by atoms with Gasteiger partial charge in [0.15, 0.2) is 0 Å². The van der Waals surface area contributed by atoms with E-state index in [2.05, 4.69) is 22.1 Å². The molecular weight excluding hydrogens is 220 g/mol. The third kappa shape index (κ3) is 3.61. The van der Waals surface area contributed by atoms with E-state index in [0.29, 0.717) is 13.0 Å². The summed E-state index contributed by atoms with van der Waals surface area (Å²) in [6.07, 6.45) is 1.91. The Kier molecular flexibility index (Phi) is 4.70. The van der Waals surface area contributed by atoms with Gasteiger partial charge in [-0.25, -0.2) is 4.79 Å². The van der Waals surface area contributed by atoms with Gasteiger partial charge in [0.1, 0.15) is 5.69 Å². The van der Waals surface area contributed by atoms with E-state index >= 15 is 0 Å². The lowest BCUT2D eigenvalue weighted by Gasteiger charge is -2.04. The van der Waals surface area contributed by atoms with Crippen LogP contribution in [0.1, 0.15) is 34.2 Å². The van der Waals surface area contributed by atoms with Gasteiger partial charge >= 0.3 is 5.97 Å². The number of rotatable bonds is 4. The Morgan fingerprint density at radius 2 is 2.29 bits per heavy atom. The van der Waals surface area contributed by atoms with Gasteiger partial charge in [-0.1, -0.05) is 0 Å². The number of aromatic carboxylic acids is 1. The second kappa shape index (κ2) is 6.28. The predicted molar refractivity (Wildman–Crippen MR) is 61.6 cm³/mol. The summed E-state index contributed by atoms with van der Waals surface area (Å²) >= 11 is 0. The van der Waals surface area contributed by atoms with Crippen LogP contribution in [-0.2, 0) is 0 Å². The van der Waals surface area contributed by atoms with Crippen molar-refractivity contribution in [3.8, 4) is 11.8 Å². The lowest BCUT2D eigenvalue weighted by molar-refractivity contribution is 0.0690. The Hall–Kier alpha value is -2.35. The Bertz CT molecular complexity index is 486. The van der Waals surface area contributed by atoms with Gasteiger partial charge in [-0.2, -0.15) is 0 Å². The molecule has 0 bridgehead atoms. The molecule has 0 radical (unpaired) electrons.